The second-order valence-corrected chi connectivity index (χ2v) is 5.31. The quantitative estimate of drug-likeness (QED) is 0.905. The van der Waals surface area contributed by atoms with Crippen molar-refractivity contribution in [2.45, 2.75) is 12.5 Å². The lowest BCUT2D eigenvalue weighted by Gasteiger charge is -2.08. The summed E-state index contributed by atoms with van der Waals surface area (Å²) in [5, 5.41) is 2.07. The van der Waals surface area contributed by atoms with Gasteiger partial charge in [-0.15, -0.1) is 11.3 Å². The van der Waals surface area contributed by atoms with Gasteiger partial charge >= 0.3 is 0 Å². The molecule has 0 radical (unpaired) electrons. The van der Waals surface area contributed by atoms with E-state index < -0.39 is 0 Å². The summed E-state index contributed by atoms with van der Waals surface area (Å²) >= 11 is 7.05. The Labute approximate surface area is 89.9 Å². The molecule has 1 rings (SSSR count). The van der Waals surface area contributed by atoms with E-state index in [0.29, 0.717) is 0 Å². The molecule has 0 fully saturated rings. The molecule has 2 N–H and O–H groups in total. The summed E-state index contributed by atoms with van der Waals surface area (Å²) in [5.74, 6) is 1.13. The average Bonchev–Trinajstić information content (AvgIpc) is 2.47. The fourth-order valence-corrected chi connectivity index (χ4v) is 3.14. The largest absolute Gasteiger partial charge is 0.323 e. The molecule has 1 aromatic rings. The molecule has 12 heavy (non-hydrogen) atoms. The smallest absolute Gasteiger partial charge is 0.0409 e. The lowest BCUT2D eigenvalue weighted by atomic mass is 10.2. The molecule has 1 atom stereocenters. The van der Waals surface area contributed by atoms with Gasteiger partial charge in [0.1, 0.15) is 0 Å². The van der Waals surface area contributed by atoms with Crippen molar-refractivity contribution in [1.29, 1.82) is 0 Å². The monoisotopic (exact) mass is 265 g/mol. The molecule has 0 spiro atoms. The summed E-state index contributed by atoms with van der Waals surface area (Å²) in [5.41, 5.74) is 5.99. The second-order valence-electron chi connectivity index (χ2n) is 2.52. The van der Waals surface area contributed by atoms with Gasteiger partial charge in [-0.2, -0.15) is 11.8 Å². The first kappa shape index (κ1) is 10.6. The minimum absolute atomic E-state index is 0.201. The number of halogens is 1. The highest BCUT2D eigenvalue weighted by molar-refractivity contribution is 9.10. The predicted octanol–water partition coefficient (Wildman–Crippen LogP) is 3.26. The van der Waals surface area contributed by atoms with Gasteiger partial charge in [0.25, 0.3) is 0 Å². The Kier molecular flexibility index (Phi) is 4.64. The first-order chi connectivity index (χ1) is 5.75. The third kappa shape index (κ3) is 2.76. The minimum Gasteiger partial charge on any atom is -0.323 e. The molecule has 0 bridgehead atoms. The van der Waals surface area contributed by atoms with Crippen molar-refractivity contribution in [3.8, 4) is 0 Å². The van der Waals surface area contributed by atoms with E-state index in [1.807, 2.05) is 11.8 Å². The molecular weight excluding hydrogens is 254 g/mol. The molecule has 1 nitrogen and oxygen atoms in total. The zero-order chi connectivity index (χ0) is 8.97. The van der Waals surface area contributed by atoms with Gasteiger partial charge < -0.3 is 5.73 Å². The average molecular weight is 266 g/mol. The molecule has 0 aliphatic heterocycles. The maximum absolute atomic E-state index is 5.99. The minimum atomic E-state index is 0.201. The van der Waals surface area contributed by atoms with E-state index in [1.165, 1.54) is 4.88 Å². The van der Waals surface area contributed by atoms with Gasteiger partial charge in [0.15, 0.2) is 0 Å². The molecule has 0 saturated heterocycles. The van der Waals surface area contributed by atoms with E-state index in [4.69, 9.17) is 5.73 Å². The van der Waals surface area contributed by atoms with Crippen LogP contribution in [0.5, 0.6) is 0 Å². The highest BCUT2D eigenvalue weighted by Gasteiger charge is 2.09. The standard InChI is InChI=1S/C8H12BrNS2/c1-11-4-3-7(10)8-6(9)2-5-12-8/h2,5,7H,3-4,10H2,1H3. The van der Waals surface area contributed by atoms with E-state index in [-0.39, 0.29) is 6.04 Å². The predicted molar refractivity (Wildman–Crippen MR) is 61.9 cm³/mol. The van der Waals surface area contributed by atoms with Crippen molar-refractivity contribution in [2.24, 2.45) is 5.73 Å². The fraction of sp³-hybridized carbons (Fsp3) is 0.500. The van der Waals surface area contributed by atoms with Gasteiger partial charge in [-0.25, -0.2) is 0 Å². The van der Waals surface area contributed by atoms with E-state index in [9.17, 15) is 0 Å². The fourth-order valence-electron chi connectivity index (χ4n) is 0.946. The number of rotatable bonds is 4. The number of hydrogen-bond acceptors (Lipinski definition) is 3. The number of hydrogen-bond donors (Lipinski definition) is 1. The van der Waals surface area contributed by atoms with Crippen LogP contribution in [0.2, 0.25) is 0 Å². The first-order valence-electron chi connectivity index (χ1n) is 3.73. The molecule has 0 aliphatic carbocycles. The van der Waals surface area contributed by atoms with Crippen LogP contribution in [-0.4, -0.2) is 12.0 Å². The van der Waals surface area contributed by atoms with E-state index in [2.05, 4.69) is 33.6 Å². The summed E-state index contributed by atoms with van der Waals surface area (Å²) in [7, 11) is 0. The van der Waals surface area contributed by atoms with Gasteiger partial charge in [-0.1, -0.05) is 0 Å². The molecule has 1 heterocycles. The molecule has 4 heteroatoms. The molecule has 0 saturated carbocycles. The summed E-state index contributed by atoms with van der Waals surface area (Å²) in [6.45, 7) is 0. The van der Waals surface area contributed by atoms with Crippen LogP contribution in [0, 0.1) is 0 Å². The Morgan fingerprint density at radius 3 is 3.00 bits per heavy atom. The second kappa shape index (κ2) is 5.27. The van der Waals surface area contributed by atoms with Gasteiger partial charge in [0.2, 0.25) is 0 Å². The molecule has 68 valence electrons. The molecule has 0 aliphatic rings. The van der Waals surface area contributed by atoms with Crippen molar-refractivity contribution in [3.05, 3.63) is 20.8 Å². The van der Waals surface area contributed by atoms with Crippen molar-refractivity contribution in [1.82, 2.24) is 0 Å². The summed E-state index contributed by atoms with van der Waals surface area (Å²) in [6, 6.07) is 2.26. The number of thiophene rings is 1. The Hall–Kier alpha value is 0.490. The van der Waals surface area contributed by atoms with Gasteiger partial charge in [0.05, 0.1) is 0 Å². The maximum atomic E-state index is 5.99. The Balaban J connectivity index is 2.52. The van der Waals surface area contributed by atoms with E-state index in [0.717, 1.165) is 16.6 Å². The SMILES string of the molecule is CSCCC(N)c1sccc1Br. The van der Waals surface area contributed by atoms with Gasteiger partial charge in [-0.3, -0.25) is 0 Å². The molecule has 1 unspecified atom stereocenters. The van der Waals surface area contributed by atoms with Crippen LogP contribution in [-0.2, 0) is 0 Å². The van der Waals surface area contributed by atoms with Crippen LogP contribution in [0.3, 0.4) is 0 Å². The van der Waals surface area contributed by atoms with E-state index >= 15 is 0 Å². The van der Waals surface area contributed by atoms with Crippen molar-refractivity contribution < 1.29 is 0 Å². The van der Waals surface area contributed by atoms with Crippen LogP contribution in [0.25, 0.3) is 0 Å². The Morgan fingerprint density at radius 2 is 2.50 bits per heavy atom. The lowest BCUT2D eigenvalue weighted by Crippen LogP contribution is -2.09. The zero-order valence-electron chi connectivity index (χ0n) is 6.92. The summed E-state index contributed by atoms with van der Waals surface area (Å²) in [4.78, 5) is 1.27. The summed E-state index contributed by atoms with van der Waals surface area (Å²) < 4.78 is 1.15. The zero-order valence-corrected chi connectivity index (χ0v) is 10.1. The number of thioether (sulfide) groups is 1. The lowest BCUT2D eigenvalue weighted by molar-refractivity contribution is 0.717. The normalized spacial score (nSPS) is 13.2. The molecule has 0 amide bonds. The van der Waals surface area contributed by atoms with E-state index in [1.54, 1.807) is 11.3 Å². The highest BCUT2D eigenvalue weighted by atomic mass is 79.9. The third-order valence-electron chi connectivity index (χ3n) is 1.61. The third-order valence-corrected chi connectivity index (χ3v) is 4.26. The Bertz CT molecular complexity index is 237. The van der Waals surface area contributed by atoms with Crippen molar-refractivity contribution in [2.75, 3.05) is 12.0 Å². The molecule has 1 aromatic heterocycles. The van der Waals surface area contributed by atoms with Crippen LogP contribution in [0.15, 0.2) is 15.9 Å². The first-order valence-corrected chi connectivity index (χ1v) is 6.79. The number of nitrogens with two attached hydrogens (primary N) is 1. The van der Waals surface area contributed by atoms with Gasteiger partial charge in [0, 0.05) is 15.4 Å². The van der Waals surface area contributed by atoms with Gasteiger partial charge in [-0.05, 0) is 45.8 Å². The van der Waals surface area contributed by atoms with Crippen molar-refractivity contribution in [3.63, 3.8) is 0 Å². The summed E-state index contributed by atoms with van der Waals surface area (Å²) in [6.07, 6.45) is 3.16. The highest BCUT2D eigenvalue weighted by Crippen LogP contribution is 2.29. The Morgan fingerprint density at radius 1 is 1.75 bits per heavy atom. The molecule has 0 aromatic carbocycles. The van der Waals surface area contributed by atoms with Crippen LogP contribution >= 0.6 is 39.0 Å². The topological polar surface area (TPSA) is 26.0 Å². The van der Waals surface area contributed by atoms with Crippen molar-refractivity contribution >= 4 is 39.0 Å². The van der Waals surface area contributed by atoms with Crippen LogP contribution in [0.4, 0.5) is 0 Å². The molecular formula is C8H12BrNS2. The van der Waals surface area contributed by atoms with Crippen LogP contribution < -0.4 is 5.73 Å². The maximum Gasteiger partial charge on any atom is 0.0409 e. The van der Waals surface area contributed by atoms with Crippen LogP contribution in [0.1, 0.15) is 17.3 Å².